The number of phenolic OH excluding ortho intramolecular Hbond substituents is 1. The molecule has 1 N–H and O–H groups in total. The van der Waals surface area contributed by atoms with E-state index in [-0.39, 0.29) is 11.5 Å². The molecule has 0 radical (unpaired) electrons. The van der Waals surface area contributed by atoms with Crippen molar-refractivity contribution < 1.29 is 19.4 Å². The van der Waals surface area contributed by atoms with Crippen LogP contribution >= 0.6 is 0 Å². The van der Waals surface area contributed by atoms with Crippen LogP contribution in [0.1, 0.15) is 52.4 Å². The predicted octanol–water partition coefficient (Wildman–Crippen LogP) is 4.27. The van der Waals surface area contributed by atoms with E-state index in [2.05, 4.69) is 30.9 Å². The number of ether oxygens (including phenoxy) is 2. The summed E-state index contributed by atoms with van der Waals surface area (Å²) in [5.41, 5.74) is 4.12. The molecule has 0 spiro atoms. The van der Waals surface area contributed by atoms with Gasteiger partial charge in [0.25, 0.3) is 0 Å². The Hall–Kier alpha value is -2.63. The number of aryl methyl sites for hydroxylation is 1. The van der Waals surface area contributed by atoms with E-state index in [1.54, 1.807) is 12.1 Å². The SMILES string of the molecule is Cc1cc(O)c(CN2CCOCC2)c2c1C(=O)/C(=C/c1ccc(C(C)C)cc1)O2. The maximum atomic E-state index is 13.0. The lowest BCUT2D eigenvalue weighted by Gasteiger charge is -2.27. The highest BCUT2D eigenvalue weighted by molar-refractivity contribution is 6.15. The van der Waals surface area contributed by atoms with Crippen LogP contribution in [0.3, 0.4) is 0 Å². The summed E-state index contributed by atoms with van der Waals surface area (Å²) >= 11 is 0. The lowest BCUT2D eigenvalue weighted by Crippen LogP contribution is -2.35. The number of aromatic hydroxyl groups is 1. The highest BCUT2D eigenvalue weighted by atomic mass is 16.5. The molecule has 4 rings (SSSR count). The number of carbonyl (C=O) groups is 1. The van der Waals surface area contributed by atoms with Crippen molar-refractivity contribution >= 4 is 11.9 Å². The number of allylic oxidation sites excluding steroid dienone is 1. The van der Waals surface area contributed by atoms with Crippen molar-refractivity contribution in [3.05, 3.63) is 63.9 Å². The first-order valence-corrected chi connectivity index (χ1v) is 10.1. The minimum Gasteiger partial charge on any atom is -0.507 e. The van der Waals surface area contributed by atoms with Crippen LogP contribution in [-0.4, -0.2) is 42.1 Å². The topological polar surface area (TPSA) is 59.0 Å². The van der Waals surface area contributed by atoms with Crippen LogP contribution in [-0.2, 0) is 11.3 Å². The number of phenols is 1. The summed E-state index contributed by atoms with van der Waals surface area (Å²) in [5, 5.41) is 10.6. The van der Waals surface area contributed by atoms with Gasteiger partial charge in [-0.3, -0.25) is 9.69 Å². The number of carbonyl (C=O) groups excluding carboxylic acids is 1. The van der Waals surface area contributed by atoms with Crippen molar-refractivity contribution in [2.75, 3.05) is 26.3 Å². The van der Waals surface area contributed by atoms with Gasteiger partial charge in [-0.2, -0.15) is 0 Å². The van der Waals surface area contributed by atoms with Crippen molar-refractivity contribution in [1.82, 2.24) is 4.90 Å². The van der Waals surface area contributed by atoms with Gasteiger partial charge >= 0.3 is 0 Å². The maximum Gasteiger partial charge on any atom is 0.232 e. The van der Waals surface area contributed by atoms with Gasteiger partial charge in [0.05, 0.1) is 24.3 Å². The Bertz CT molecular complexity index is 954. The van der Waals surface area contributed by atoms with E-state index in [9.17, 15) is 9.90 Å². The second-order valence-electron chi connectivity index (χ2n) is 8.04. The average molecular weight is 393 g/mol. The summed E-state index contributed by atoms with van der Waals surface area (Å²) in [5.74, 6) is 1.29. The van der Waals surface area contributed by atoms with Gasteiger partial charge < -0.3 is 14.6 Å². The predicted molar refractivity (Wildman–Crippen MR) is 112 cm³/mol. The highest BCUT2D eigenvalue weighted by Crippen LogP contribution is 2.42. The van der Waals surface area contributed by atoms with Crippen molar-refractivity contribution in [1.29, 1.82) is 0 Å². The zero-order valence-electron chi connectivity index (χ0n) is 17.2. The molecule has 5 heteroatoms. The van der Waals surface area contributed by atoms with Crippen LogP contribution in [0.5, 0.6) is 11.5 Å². The van der Waals surface area contributed by atoms with Gasteiger partial charge in [0.15, 0.2) is 5.76 Å². The Balaban J connectivity index is 1.66. The van der Waals surface area contributed by atoms with Crippen molar-refractivity contribution in [2.24, 2.45) is 0 Å². The van der Waals surface area contributed by atoms with Crippen LogP contribution in [0.4, 0.5) is 0 Å². The molecule has 2 aromatic rings. The van der Waals surface area contributed by atoms with E-state index >= 15 is 0 Å². The maximum absolute atomic E-state index is 13.0. The number of hydrogen-bond donors (Lipinski definition) is 1. The molecule has 0 amide bonds. The lowest BCUT2D eigenvalue weighted by molar-refractivity contribution is 0.0336. The molecule has 2 heterocycles. The van der Waals surface area contributed by atoms with Gasteiger partial charge in [-0.15, -0.1) is 0 Å². The van der Waals surface area contributed by atoms with Crippen LogP contribution in [0.2, 0.25) is 0 Å². The van der Waals surface area contributed by atoms with E-state index in [0.717, 1.165) is 24.2 Å². The molecule has 0 saturated carbocycles. The zero-order valence-corrected chi connectivity index (χ0v) is 17.2. The number of Topliss-reactive ketones (excluding diaryl/α,β-unsaturated/α-hetero) is 1. The summed E-state index contributed by atoms with van der Waals surface area (Å²) in [7, 11) is 0. The smallest absolute Gasteiger partial charge is 0.232 e. The second-order valence-corrected chi connectivity index (χ2v) is 8.04. The molecule has 0 unspecified atom stereocenters. The summed E-state index contributed by atoms with van der Waals surface area (Å²) in [6.45, 7) is 9.60. The molecular weight excluding hydrogens is 366 g/mol. The van der Waals surface area contributed by atoms with Gasteiger partial charge in [-0.05, 0) is 41.7 Å². The van der Waals surface area contributed by atoms with Crippen molar-refractivity contribution in [3.8, 4) is 11.5 Å². The highest BCUT2D eigenvalue weighted by Gasteiger charge is 2.33. The minimum atomic E-state index is -0.131. The molecule has 29 heavy (non-hydrogen) atoms. The monoisotopic (exact) mass is 393 g/mol. The molecular formula is C24H27NO4. The summed E-state index contributed by atoms with van der Waals surface area (Å²) in [4.78, 5) is 15.2. The Morgan fingerprint density at radius 3 is 2.52 bits per heavy atom. The van der Waals surface area contributed by atoms with E-state index < -0.39 is 0 Å². The number of morpholine rings is 1. The Morgan fingerprint density at radius 2 is 1.86 bits per heavy atom. The van der Waals surface area contributed by atoms with E-state index in [4.69, 9.17) is 9.47 Å². The fourth-order valence-corrected chi connectivity index (χ4v) is 3.84. The lowest BCUT2D eigenvalue weighted by atomic mass is 9.98. The van der Waals surface area contributed by atoms with Crippen LogP contribution in [0.15, 0.2) is 36.1 Å². The number of hydrogen-bond acceptors (Lipinski definition) is 5. The molecule has 152 valence electrons. The number of benzene rings is 2. The van der Waals surface area contributed by atoms with Gasteiger partial charge in [-0.1, -0.05) is 38.1 Å². The molecule has 0 aromatic heterocycles. The first kappa shape index (κ1) is 19.7. The first-order valence-electron chi connectivity index (χ1n) is 10.1. The van der Waals surface area contributed by atoms with Crippen molar-refractivity contribution in [2.45, 2.75) is 33.2 Å². The number of fused-ring (bicyclic) bond motifs is 1. The van der Waals surface area contributed by atoms with Crippen LogP contribution in [0.25, 0.3) is 6.08 Å². The fraction of sp³-hybridized carbons (Fsp3) is 0.375. The number of nitrogens with zero attached hydrogens (tertiary/aromatic N) is 1. The standard InChI is InChI=1S/C24H27NO4/c1-15(2)18-6-4-17(5-7-18)13-21-23(27)22-16(3)12-20(26)19(24(22)29-21)14-25-8-10-28-11-9-25/h4-7,12-13,15,26H,8-11,14H2,1-3H3/b21-13-. The largest absolute Gasteiger partial charge is 0.507 e. The van der Waals surface area contributed by atoms with E-state index in [1.165, 1.54) is 5.56 Å². The third-order valence-electron chi connectivity index (χ3n) is 5.61. The minimum absolute atomic E-state index is 0.131. The Morgan fingerprint density at radius 1 is 1.17 bits per heavy atom. The van der Waals surface area contributed by atoms with Gasteiger partial charge in [0.2, 0.25) is 5.78 Å². The molecule has 1 saturated heterocycles. The Kier molecular flexibility index (Phi) is 5.43. The number of ketones is 1. The van der Waals surface area contributed by atoms with Gasteiger partial charge in [0.1, 0.15) is 11.5 Å². The van der Waals surface area contributed by atoms with Crippen LogP contribution in [0, 0.1) is 6.92 Å². The molecule has 2 aliphatic rings. The summed E-state index contributed by atoms with van der Waals surface area (Å²) in [6.07, 6.45) is 1.78. The first-order chi connectivity index (χ1) is 13.9. The van der Waals surface area contributed by atoms with E-state index in [0.29, 0.717) is 48.3 Å². The average Bonchev–Trinajstić information content (AvgIpc) is 3.03. The van der Waals surface area contributed by atoms with Gasteiger partial charge in [-0.25, -0.2) is 0 Å². The molecule has 0 aliphatic carbocycles. The molecule has 0 atom stereocenters. The summed E-state index contributed by atoms with van der Waals surface area (Å²) in [6, 6.07) is 9.81. The van der Waals surface area contributed by atoms with E-state index in [1.807, 2.05) is 19.1 Å². The fourth-order valence-electron chi connectivity index (χ4n) is 3.84. The second kappa shape index (κ2) is 8.01. The quantitative estimate of drug-likeness (QED) is 0.786. The molecule has 2 aliphatic heterocycles. The normalized spacial score (nSPS) is 18.3. The molecule has 1 fully saturated rings. The van der Waals surface area contributed by atoms with Crippen molar-refractivity contribution in [3.63, 3.8) is 0 Å². The van der Waals surface area contributed by atoms with Gasteiger partial charge in [0, 0.05) is 19.6 Å². The van der Waals surface area contributed by atoms with Crippen LogP contribution < -0.4 is 4.74 Å². The zero-order chi connectivity index (χ0) is 20.5. The molecule has 2 aromatic carbocycles. The number of rotatable bonds is 4. The molecule has 5 nitrogen and oxygen atoms in total. The molecule has 0 bridgehead atoms. The third kappa shape index (κ3) is 3.93. The Labute approximate surface area is 171 Å². The third-order valence-corrected chi connectivity index (χ3v) is 5.61. The summed E-state index contributed by atoms with van der Waals surface area (Å²) < 4.78 is 11.4.